The Hall–Kier alpha value is -1.47. The number of rotatable bonds is 5. The molecule has 0 aromatic heterocycles. The Morgan fingerprint density at radius 2 is 1.80 bits per heavy atom. The van der Waals surface area contributed by atoms with Crippen LogP contribution in [0.4, 0.5) is 0 Å². The van der Waals surface area contributed by atoms with Crippen LogP contribution in [0, 0.1) is 6.92 Å². The number of halogens is 1. The maximum absolute atomic E-state index is 5.96. The normalized spacial score (nSPS) is 12.2. The molecule has 0 saturated carbocycles. The first-order valence-corrected chi connectivity index (χ1v) is 7.60. The summed E-state index contributed by atoms with van der Waals surface area (Å²) in [4.78, 5) is 0. The van der Waals surface area contributed by atoms with Gasteiger partial charge in [0.1, 0.15) is 11.5 Å². The average Bonchev–Trinajstić information content (AvgIpc) is 2.49. The van der Waals surface area contributed by atoms with Crippen molar-refractivity contribution in [3.63, 3.8) is 0 Å². The lowest BCUT2D eigenvalue weighted by atomic mass is 9.99. The maximum Gasteiger partial charge on any atom is 0.130 e. The lowest BCUT2D eigenvalue weighted by Gasteiger charge is -2.12. The third-order valence-corrected chi connectivity index (χ3v) is 4.00. The standard InChI is InChI=1S/C18H21ClO/c1-4-13(2)16-7-9-17(10-8-16)20-18-11-15(12-19)6-5-14(18)3/h5-11,13H,4,12H2,1-3H3. The second-order valence-corrected chi connectivity index (χ2v) is 5.48. The highest BCUT2D eigenvalue weighted by molar-refractivity contribution is 6.17. The van der Waals surface area contributed by atoms with Crippen LogP contribution in [0.3, 0.4) is 0 Å². The van der Waals surface area contributed by atoms with Gasteiger partial charge in [-0.05, 0) is 54.2 Å². The van der Waals surface area contributed by atoms with Gasteiger partial charge < -0.3 is 4.74 Å². The van der Waals surface area contributed by atoms with E-state index in [1.807, 2.05) is 37.3 Å². The molecule has 0 radical (unpaired) electrons. The van der Waals surface area contributed by atoms with Crippen LogP contribution in [0.1, 0.15) is 42.9 Å². The zero-order chi connectivity index (χ0) is 14.5. The SMILES string of the molecule is CCC(C)c1ccc(Oc2cc(CCl)ccc2C)cc1. The van der Waals surface area contributed by atoms with Crippen LogP contribution in [-0.2, 0) is 5.88 Å². The van der Waals surface area contributed by atoms with Crippen molar-refractivity contribution in [2.75, 3.05) is 0 Å². The highest BCUT2D eigenvalue weighted by Crippen LogP contribution is 2.28. The monoisotopic (exact) mass is 288 g/mol. The Morgan fingerprint density at radius 1 is 1.10 bits per heavy atom. The Kier molecular flexibility index (Phi) is 5.08. The Labute approximate surface area is 126 Å². The number of hydrogen-bond donors (Lipinski definition) is 0. The van der Waals surface area contributed by atoms with Crippen LogP contribution in [0.15, 0.2) is 42.5 Å². The van der Waals surface area contributed by atoms with Gasteiger partial charge in [-0.15, -0.1) is 11.6 Å². The molecule has 106 valence electrons. The van der Waals surface area contributed by atoms with E-state index in [2.05, 4.69) is 26.0 Å². The Bertz CT molecular complexity index is 560. The molecule has 0 bridgehead atoms. The molecule has 0 spiro atoms. The summed E-state index contributed by atoms with van der Waals surface area (Å²) in [5, 5.41) is 0. The smallest absolute Gasteiger partial charge is 0.130 e. The highest BCUT2D eigenvalue weighted by Gasteiger charge is 2.05. The summed E-state index contributed by atoms with van der Waals surface area (Å²) >= 11 is 5.87. The first-order valence-electron chi connectivity index (χ1n) is 7.07. The predicted octanol–water partition coefficient (Wildman–Crippen LogP) is 6.04. The highest BCUT2D eigenvalue weighted by atomic mass is 35.5. The van der Waals surface area contributed by atoms with E-state index in [4.69, 9.17) is 16.3 Å². The molecule has 0 amide bonds. The van der Waals surface area contributed by atoms with E-state index in [0.717, 1.165) is 29.0 Å². The molecule has 1 nitrogen and oxygen atoms in total. The minimum Gasteiger partial charge on any atom is -0.457 e. The van der Waals surface area contributed by atoms with Gasteiger partial charge in [0, 0.05) is 5.88 Å². The molecule has 20 heavy (non-hydrogen) atoms. The van der Waals surface area contributed by atoms with Crippen molar-refractivity contribution < 1.29 is 4.74 Å². The summed E-state index contributed by atoms with van der Waals surface area (Å²) in [5.74, 6) is 2.83. The molecule has 1 atom stereocenters. The predicted molar refractivity (Wildman–Crippen MR) is 86.0 cm³/mol. The van der Waals surface area contributed by atoms with E-state index >= 15 is 0 Å². The first-order chi connectivity index (χ1) is 9.63. The number of alkyl halides is 1. The molecule has 1 unspecified atom stereocenters. The number of benzene rings is 2. The van der Waals surface area contributed by atoms with Gasteiger partial charge in [0.15, 0.2) is 0 Å². The van der Waals surface area contributed by atoms with Gasteiger partial charge in [0.2, 0.25) is 0 Å². The van der Waals surface area contributed by atoms with Gasteiger partial charge in [0.05, 0.1) is 0 Å². The minimum absolute atomic E-state index is 0.504. The molecule has 2 aromatic rings. The molecule has 0 saturated heterocycles. The molecule has 0 heterocycles. The van der Waals surface area contributed by atoms with Crippen molar-refractivity contribution >= 4 is 11.6 Å². The van der Waals surface area contributed by atoms with E-state index in [9.17, 15) is 0 Å². The van der Waals surface area contributed by atoms with E-state index in [1.54, 1.807) is 0 Å². The Balaban J connectivity index is 2.17. The summed E-state index contributed by atoms with van der Waals surface area (Å²) in [6.45, 7) is 6.49. The average molecular weight is 289 g/mol. The van der Waals surface area contributed by atoms with Crippen molar-refractivity contribution in [3.8, 4) is 11.5 Å². The van der Waals surface area contributed by atoms with E-state index in [-0.39, 0.29) is 0 Å². The van der Waals surface area contributed by atoms with Gasteiger partial charge in [-0.25, -0.2) is 0 Å². The summed E-state index contributed by atoms with van der Waals surface area (Å²) < 4.78 is 5.96. The van der Waals surface area contributed by atoms with Gasteiger partial charge >= 0.3 is 0 Å². The van der Waals surface area contributed by atoms with E-state index in [0.29, 0.717) is 11.8 Å². The third kappa shape index (κ3) is 3.55. The third-order valence-electron chi connectivity index (χ3n) is 3.70. The molecular weight excluding hydrogens is 268 g/mol. The second kappa shape index (κ2) is 6.81. The van der Waals surface area contributed by atoms with Crippen LogP contribution in [-0.4, -0.2) is 0 Å². The van der Waals surface area contributed by atoms with Gasteiger partial charge in [0.25, 0.3) is 0 Å². The molecule has 0 aliphatic heterocycles. The maximum atomic E-state index is 5.96. The number of hydrogen-bond acceptors (Lipinski definition) is 1. The van der Waals surface area contributed by atoms with E-state index in [1.165, 1.54) is 5.56 Å². The van der Waals surface area contributed by atoms with Crippen LogP contribution in [0.5, 0.6) is 11.5 Å². The van der Waals surface area contributed by atoms with Crippen molar-refractivity contribution in [2.24, 2.45) is 0 Å². The topological polar surface area (TPSA) is 9.23 Å². The lowest BCUT2D eigenvalue weighted by Crippen LogP contribution is -1.92. The lowest BCUT2D eigenvalue weighted by molar-refractivity contribution is 0.478. The summed E-state index contributed by atoms with van der Waals surface area (Å²) in [6.07, 6.45) is 1.15. The molecule has 0 aliphatic rings. The molecule has 0 aliphatic carbocycles. The van der Waals surface area contributed by atoms with Gasteiger partial charge in [-0.3, -0.25) is 0 Å². The molecular formula is C18H21ClO. The fourth-order valence-corrected chi connectivity index (χ4v) is 2.23. The van der Waals surface area contributed by atoms with Crippen LogP contribution in [0.25, 0.3) is 0 Å². The van der Waals surface area contributed by atoms with Crippen LogP contribution in [0.2, 0.25) is 0 Å². The molecule has 0 N–H and O–H groups in total. The zero-order valence-corrected chi connectivity index (χ0v) is 13.1. The largest absolute Gasteiger partial charge is 0.457 e. The number of aryl methyl sites for hydroxylation is 1. The van der Waals surface area contributed by atoms with Crippen molar-refractivity contribution in [1.82, 2.24) is 0 Å². The molecule has 2 rings (SSSR count). The quantitative estimate of drug-likeness (QED) is 0.609. The summed E-state index contributed by atoms with van der Waals surface area (Å²) in [6, 6.07) is 14.4. The molecule has 2 heteroatoms. The summed E-state index contributed by atoms with van der Waals surface area (Å²) in [5.41, 5.74) is 3.54. The second-order valence-electron chi connectivity index (χ2n) is 5.21. The van der Waals surface area contributed by atoms with Gasteiger partial charge in [-0.2, -0.15) is 0 Å². The fraction of sp³-hybridized carbons (Fsp3) is 0.333. The fourth-order valence-electron chi connectivity index (χ4n) is 2.06. The van der Waals surface area contributed by atoms with Crippen molar-refractivity contribution in [3.05, 3.63) is 59.2 Å². The zero-order valence-electron chi connectivity index (χ0n) is 12.3. The Morgan fingerprint density at radius 3 is 2.40 bits per heavy atom. The molecule has 2 aromatic carbocycles. The van der Waals surface area contributed by atoms with Gasteiger partial charge in [-0.1, -0.05) is 38.1 Å². The van der Waals surface area contributed by atoms with E-state index < -0.39 is 0 Å². The van der Waals surface area contributed by atoms with Crippen LogP contribution >= 0.6 is 11.6 Å². The first kappa shape index (κ1) is 14.9. The minimum atomic E-state index is 0.504. The molecule has 0 fully saturated rings. The van der Waals surface area contributed by atoms with Crippen molar-refractivity contribution in [2.45, 2.75) is 39.0 Å². The van der Waals surface area contributed by atoms with Crippen molar-refractivity contribution in [1.29, 1.82) is 0 Å². The summed E-state index contributed by atoms with van der Waals surface area (Å²) in [7, 11) is 0. The number of ether oxygens (including phenoxy) is 1. The van der Waals surface area contributed by atoms with Crippen LogP contribution < -0.4 is 4.74 Å².